The molecule has 0 aliphatic heterocycles. The third-order valence-electron chi connectivity index (χ3n) is 6.62. The third-order valence-corrected chi connectivity index (χ3v) is 9.50. The molecule has 1 N–H and O–H groups in total. The Morgan fingerprint density at radius 3 is 1.81 bits per heavy atom. The molecule has 0 unspecified atom stereocenters. The summed E-state index contributed by atoms with van der Waals surface area (Å²) in [7, 11) is 2.34. The van der Waals surface area contributed by atoms with Gasteiger partial charge in [-0.1, -0.05) is 61.7 Å². The smallest absolute Gasteiger partial charge is 0.127 e. The van der Waals surface area contributed by atoms with Crippen LogP contribution in [0.15, 0.2) is 54.6 Å². The molecule has 1 aliphatic carbocycles. The van der Waals surface area contributed by atoms with Gasteiger partial charge < -0.3 is 14.6 Å². The number of aryl methyl sites for hydroxylation is 2. The molecule has 0 amide bonds. The number of hydrogen-bond acceptors (Lipinski definition) is 3. The fourth-order valence-electron chi connectivity index (χ4n) is 4.99. The Hall–Kier alpha value is -2.51. The minimum absolute atomic E-state index is 0.429. The van der Waals surface area contributed by atoms with Gasteiger partial charge >= 0.3 is 0 Å². The molecule has 0 aromatic heterocycles. The van der Waals surface area contributed by atoms with Crippen molar-refractivity contribution in [2.24, 2.45) is 0 Å². The molecule has 3 nitrogen and oxygen atoms in total. The Kier molecular flexibility index (Phi) is 7.06. The van der Waals surface area contributed by atoms with Gasteiger partial charge in [-0.05, 0) is 69.4 Å². The molecule has 1 fully saturated rings. The summed E-state index contributed by atoms with van der Waals surface area (Å²) < 4.78 is 11.7. The normalized spacial score (nSPS) is 14.5. The quantitative estimate of drug-likeness (QED) is 0.482. The second-order valence-corrected chi connectivity index (χ2v) is 10.7. The van der Waals surface area contributed by atoms with Crippen LogP contribution in [0.4, 0.5) is 0 Å². The second kappa shape index (κ2) is 9.96. The van der Waals surface area contributed by atoms with E-state index >= 15 is 0 Å². The van der Waals surface area contributed by atoms with Crippen molar-refractivity contribution in [3.05, 3.63) is 71.3 Å². The van der Waals surface area contributed by atoms with E-state index in [1.54, 1.807) is 14.2 Å². The van der Waals surface area contributed by atoms with Crippen LogP contribution in [0.1, 0.15) is 54.7 Å². The van der Waals surface area contributed by atoms with Gasteiger partial charge in [0.1, 0.15) is 17.2 Å². The Morgan fingerprint density at radius 1 is 0.750 bits per heavy atom. The number of phenolic OH excluding ortho intramolecular Hbond substituents is 1. The topological polar surface area (TPSA) is 38.7 Å². The van der Waals surface area contributed by atoms with Crippen LogP contribution < -0.4 is 25.4 Å². The molecule has 0 saturated heterocycles. The molecule has 168 valence electrons. The van der Waals surface area contributed by atoms with Crippen LogP contribution >= 0.6 is 7.92 Å². The summed E-state index contributed by atoms with van der Waals surface area (Å²) in [6.45, 7) is 4.25. The lowest BCUT2D eigenvalue weighted by atomic mass is 9.84. The van der Waals surface area contributed by atoms with Gasteiger partial charge in [0.15, 0.2) is 0 Å². The van der Waals surface area contributed by atoms with Gasteiger partial charge in [-0.25, -0.2) is 0 Å². The Morgan fingerprint density at radius 2 is 1.28 bits per heavy atom. The van der Waals surface area contributed by atoms with Gasteiger partial charge in [-0.15, -0.1) is 0 Å². The summed E-state index contributed by atoms with van der Waals surface area (Å²) in [6, 6.07) is 18.7. The third kappa shape index (κ3) is 4.24. The van der Waals surface area contributed by atoms with Gasteiger partial charge in [0.2, 0.25) is 0 Å². The van der Waals surface area contributed by atoms with Crippen molar-refractivity contribution in [1.29, 1.82) is 0 Å². The van der Waals surface area contributed by atoms with Crippen LogP contribution in [-0.2, 0) is 0 Å². The van der Waals surface area contributed by atoms with E-state index in [1.165, 1.54) is 19.3 Å². The van der Waals surface area contributed by atoms with E-state index < -0.39 is 7.92 Å². The van der Waals surface area contributed by atoms with Crippen molar-refractivity contribution in [2.75, 3.05) is 14.2 Å². The first-order valence-corrected chi connectivity index (χ1v) is 12.8. The minimum atomic E-state index is -1.10. The summed E-state index contributed by atoms with van der Waals surface area (Å²) in [4.78, 5) is 0. The van der Waals surface area contributed by atoms with Crippen molar-refractivity contribution in [1.82, 2.24) is 0 Å². The summed E-state index contributed by atoms with van der Waals surface area (Å²) in [5.41, 5.74) is 3.40. The number of rotatable bonds is 6. The molecule has 1 saturated carbocycles. The van der Waals surface area contributed by atoms with Crippen LogP contribution in [0.25, 0.3) is 0 Å². The van der Waals surface area contributed by atoms with Crippen molar-refractivity contribution in [3.63, 3.8) is 0 Å². The first-order chi connectivity index (χ1) is 15.6. The van der Waals surface area contributed by atoms with Crippen LogP contribution in [0.2, 0.25) is 0 Å². The highest BCUT2D eigenvalue weighted by atomic mass is 31.1. The van der Waals surface area contributed by atoms with Crippen molar-refractivity contribution in [2.45, 2.75) is 51.9 Å². The summed E-state index contributed by atoms with van der Waals surface area (Å²) in [6.07, 6.45) is 6.07. The Balaban J connectivity index is 1.99. The standard InChI is InChI=1S/C28H33O3P/c1-19-11-8-16-23(30-3)27(19)32(28-20(2)12-9-17-24(28)31-4)25-18-10-15-22(26(25)29)21-13-6-5-7-14-21/h8-12,15-18,21,29H,5-7,13-14H2,1-4H3. The van der Waals surface area contributed by atoms with Gasteiger partial charge in [0, 0.05) is 15.9 Å². The molecule has 3 aromatic rings. The highest BCUT2D eigenvalue weighted by Gasteiger charge is 2.30. The number of ether oxygens (including phenoxy) is 2. The highest BCUT2D eigenvalue weighted by molar-refractivity contribution is 7.80. The van der Waals surface area contributed by atoms with Crippen molar-refractivity contribution >= 4 is 23.8 Å². The molecule has 0 atom stereocenters. The lowest BCUT2D eigenvalue weighted by Crippen LogP contribution is -2.27. The van der Waals surface area contributed by atoms with E-state index in [9.17, 15) is 5.11 Å². The van der Waals surface area contributed by atoms with Gasteiger partial charge in [0.05, 0.1) is 14.2 Å². The second-order valence-electron chi connectivity index (χ2n) is 8.64. The van der Waals surface area contributed by atoms with Crippen molar-refractivity contribution < 1.29 is 14.6 Å². The van der Waals surface area contributed by atoms with Crippen molar-refractivity contribution in [3.8, 4) is 17.2 Å². The fourth-order valence-corrected chi connectivity index (χ4v) is 7.90. The van der Waals surface area contributed by atoms with Crippen LogP contribution in [0.3, 0.4) is 0 Å². The molecule has 4 heteroatoms. The van der Waals surface area contributed by atoms with Crippen LogP contribution in [0, 0.1) is 13.8 Å². The first-order valence-electron chi connectivity index (χ1n) is 11.5. The molecule has 0 radical (unpaired) electrons. The number of para-hydroxylation sites is 1. The lowest BCUT2D eigenvalue weighted by molar-refractivity contribution is 0.416. The van der Waals surface area contributed by atoms with Crippen LogP contribution in [0.5, 0.6) is 17.2 Å². The molecule has 0 bridgehead atoms. The number of benzene rings is 3. The Bertz CT molecular complexity index is 1030. The van der Waals surface area contributed by atoms with Crippen LogP contribution in [-0.4, -0.2) is 19.3 Å². The summed E-state index contributed by atoms with van der Waals surface area (Å²) in [5.74, 6) is 2.58. The highest BCUT2D eigenvalue weighted by Crippen LogP contribution is 2.46. The average molecular weight is 449 g/mol. The number of phenols is 1. The largest absolute Gasteiger partial charge is 0.507 e. The van der Waals surface area contributed by atoms with E-state index in [-0.39, 0.29) is 0 Å². The van der Waals surface area contributed by atoms with Gasteiger partial charge in [-0.2, -0.15) is 0 Å². The maximum atomic E-state index is 11.7. The zero-order chi connectivity index (χ0) is 22.7. The average Bonchev–Trinajstić information content (AvgIpc) is 2.82. The molecule has 4 rings (SSSR count). The summed E-state index contributed by atoms with van der Waals surface area (Å²) in [5, 5.41) is 14.9. The minimum Gasteiger partial charge on any atom is -0.507 e. The molecule has 3 aromatic carbocycles. The number of aromatic hydroxyl groups is 1. The monoisotopic (exact) mass is 448 g/mol. The molecule has 0 spiro atoms. The lowest BCUT2D eigenvalue weighted by Gasteiger charge is -2.29. The zero-order valence-corrected chi connectivity index (χ0v) is 20.4. The van der Waals surface area contributed by atoms with E-state index in [4.69, 9.17) is 9.47 Å². The van der Waals surface area contributed by atoms with E-state index in [0.717, 1.165) is 56.9 Å². The zero-order valence-electron chi connectivity index (χ0n) is 19.5. The Labute approximate surface area is 193 Å². The fraction of sp³-hybridized carbons (Fsp3) is 0.357. The predicted octanol–water partition coefficient (Wildman–Crippen LogP) is 5.83. The van der Waals surface area contributed by atoms with E-state index in [2.05, 4.69) is 44.2 Å². The number of methoxy groups -OCH3 is 2. The maximum absolute atomic E-state index is 11.7. The van der Waals surface area contributed by atoms with E-state index in [0.29, 0.717) is 11.7 Å². The predicted molar refractivity (Wildman–Crippen MR) is 135 cm³/mol. The molecular weight excluding hydrogens is 415 g/mol. The maximum Gasteiger partial charge on any atom is 0.127 e. The SMILES string of the molecule is COc1cccc(C)c1P(c1cccc(C2CCCCC2)c1O)c1c(C)cccc1OC. The van der Waals surface area contributed by atoms with Gasteiger partial charge in [0.25, 0.3) is 0 Å². The molecule has 0 heterocycles. The van der Waals surface area contributed by atoms with Gasteiger partial charge in [-0.3, -0.25) is 0 Å². The van der Waals surface area contributed by atoms with E-state index in [1.807, 2.05) is 24.3 Å². The molecular formula is C28H33O3P. The number of hydrogen-bond donors (Lipinski definition) is 1. The first kappa shape index (κ1) is 22.7. The summed E-state index contributed by atoms with van der Waals surface area (Å²) >= 11 is 0. The molecule has 32 heavy (non-hydrogen) atoms. The molecule has 1 aliphatic rings.